The molecule has 5 nitrogen and oxygen atoms in total. The first kappa shape index (κ1) is 12.2. The fraction of sp³-hybridized carbons (Fsp3) is 0.750. The van der Waals surface area contributed by atoms with Crippen LogP contribution in [-0.2, 0) is 14.0 Å². The Kier molecular flexibility index (Phi) is 3.17. The molecule has 0 saturated carbocycles. The standard InChI is InChI=1S/C12H19BN2O3/c1-12(2)8-17-13(18-9-12)10-5-6-15(14-10)11-4-3-7-16-11/h5-6,11H,3-4,7-9H2,1-2H3. The Morgan fingerprint density at radius 3 is 2.83 bits per heavy atom. The van der Waals surface area contributed by atoms with E-state index in [1.165, 1.54) is 0 Å². The summed E-state index contributed by atoms with van der Waals surface area (Å²) in [5, 5.41) is 4.51. The summed E-state index contributed by atoms with van der Waals surface area (Å²) in [5.41, 5.74) is 0.925. The highest BCUT2D eigenvalue weighted by Crippen LogP contribution is 2.23. The van der Waals surface area contributed by atoms with Crippen molar-refractivity contribution in [3.8, 4) is 0 Å². The third-order valence-corrected chi connectivity index (χ3v) is 3.32. The molecular weight excluding hydrogens is 231 g/mol. The van der Waals surface area contributed by atoms with Crippen LogP contribution in [0.15, 0.2) is 12.3 Å². The third kappa shape index (κ3) is 2.46. The van der Waals surface area contributed by atoms with Crippen LogP contribution in [0.2, 0.25) is 0 Å². The minimum atomic E-state index is -0.333. The molecule has 2 saturated heterocycles. The molecule has 6 heteroatoms. The van der Waals surface area contributed by atoms with Crippen molar-refractivity contribution in [3.63, 3.8) is 0 Å². The second-order valence-corrected chi connectivity index (χ2v) is 5.81. The molecule has 98 valence electrons. The summed E-state index contributed by atoms with van der Waals surface area (Å²) in [5.74, 6) is 0. The van der Waals surface area contributed by atoms with Crippen molar-refractivity contribution >= 4 is 12.7 Å². The van der Waals surface area contributed by atoms with Gasteiger partial charge in [0.1, 0.15) is 6.23 Å². The predicted molar refractivity (Wildman–Crippen MR) is 67.5 cm³/mol. The van der Waals surface area contributed by atoms with Gasteiger partial charge in [-0.05, 0) is 18.9 Å². The molecule has 0 amide bonds. The molecular formula is C12H19BN2O3. The number of rotatable bonds is 2. The van der Waals surface area contributed by atoms with Crippen LogP contribution in [0.1, 0.15) is 32.9 Å². The second kappa shape index (κ2) is 4.68. The van der Waals surface area contributed by atoms with Gasteiger partial charge in [-0.3, -0.25) is 0 Å². The summed E-state index contributed by atoms with van der Waals surface area (Å²) < 4.78 is 18.9. The first-order valence-electron chi connectivity index (χ1n) is 6.54. The third-order valence-electron chi connectivity index (χ3n) is 3.32. The smallest absolute Gasteiger partial charge is 0.406 e. The van der Waals surface area contributed by atoms with Crippen LogP contribution in [0.3, 0.4) is 0 Å². The minimum Gasteiger partial charge on any atom is -0.406 e. The van der Waals surface area contributed by atoms with Crippen molar-refractivity contribution in [2.24, 2.45) is 5.41 Å². The van der Waals surface area contributed by atoms with E-state index in [1.54, 1.807) is 0 Å². The largest absolute Gasteiger partial charge is 0.515 e. The maximum atomic E-state index is 5.72. The van der Waals surface area contributed by atoms with Gasteiger partial charge in [-0.15, -0.1) is 0 Å². The number of nitrogens with zero attached hydrogens (tertiary/aromatic N) is 2. The van der Waals surface area contributed by atoms with Gasteiger partial charge < -0.3 is 14.0 Å². The lowest BCUT2D eigenvalue weighted by Gasteiger charge is -2.32. The molecule has 2 fully saturated rings. The molecule has 3 heterocycles. The molecule has 3 rings (SSSR count). The highest BCUT2D eigenvalue weighted by atomic mass is 16.6. The van der Waals surface area contributed by atoms with Crippen molar-refractivity contribution in [2.45, 2.75) is 32.9 Å². The first-order valence-corrected chi connectivity index (χ1v) is 6.54. The van der Waals surface area contributed by atoms with E-state index < -0.39 is 0 Å². The van der Waals surface area contributed by atoms with Gasteiger partial charge >= 0.3 is 7.12 Å². The fourth-order valence-electron chi connectivity index (χ4n) is 2.27. The van der Waals surface area contributed by atoms with E-state index in [0.29, 0.717) is 13.2 Å². The van der Waals surface area contributed by atoms with Crippen molar-refractivity contribution in [2.75, 3.05) is 19.8 Å². The van der Waals surface area contributed by atoms with Gasteiger partial charge in [0, 0.05) is 31.4 Å². The number of aromatic nitrogens is 2. The Morgan fingerprint density at radius 2 is 2.17 bits per heavy atom. The van der Waals surface area contributed by atoms with Crippen LogP contribution in [0.4, 0.5) is 0 Å². The molecule has 0 N–H and O–H groups in total. The molecule has 18 heavy (non-hydrogen) atoms. The summed E-state index contributed by atoms with van der Waals surface area (Å²) in [7, 11) is -0.333. The van der Waals surface area contributed by atoms with E-state index >= 15 is 0 Å². The van der Waals surface area contributed by atoms with E-state index in [2.05, 4.69) is 18.9 Å². The van der Waals surface area contributed by atoms with Gasteiger partial charge in [-0.1, -0.05) is 13.8 Å². The van der Waals surface area contributed by atoms with Crippen molar-refractivity contribution in [1.82, 2.24) is 9.78 Å². The van der Waals surface area contributed by atoms with Gasteiger partial charge in [0.15, 0.2) is 0 Å². The topological polar surface area (TPSA) is 45.5 Å². The minimum absolute atomic E-state index is 0.0822. The van der Waals surface area contributed by atoms with Crippen LogP contribution in [0.25, 0.3) is 0 Å². The Bertz CT molecular complexity index is 405. The lowest BCUT2D eigenvalue weighted by atomic mass is 9.80. The molecule has 0 radical (unpaired) electrons. The maximum absolute atomic E-state index is 5.72. The van der Waals surface area contributed by atoms with Crippen LogP contribution >= 0.6 is 0 Å². The summed E-state index contributed by atoms with van der Waals surface area (Å²) >= 11 is 0. The zero-order valence-electron chi connectivity index (χ0n) is 11.0. The summed E-state index contributed by atoms with van der Waals surface area (Å²) in [4.78, 5) is 0. The van der Waals surface area contributed by atoms with E-state index in [1.807, 2.05) is 16.9 Å². The predicted octanol–water partition coefficient (Wildman–Crippen LogP) is 0.960. The average Bonchev–Trinajstić information content (AvgIpc) is 2.99. The zero-order chi connectivity index (χ0) is 12.6. The maximum Gasteiger partial charge on any atom is 0.515 e. The van der Waals surface area contributed by atoms with Crippen molar-refractivity contribution in [1.29, 1.82) is 0 Å². The Hall–Kier alpha value is -0.845. The molecule has 1 unspecified atom stereocenters. The van der Waals surface area contributed by atoms with Gasteiger partial charge in [0.05, 0.1) is 5.59 Å². The molecule has 2 aliphatic heterocycles. The van der Waals surface area contributed by atoms with Gasteiger partial charge in [0.25, 0.3) is 0 Å². The number of ether oxygens (including phenoxy) is 1. The SMILES string of the molecule is CC1(C)COB(c2ccn(C3CCCO3)n2)OC1. The number of hydrogen-bond donors (Lipinski definition) is 0. The van der Waals surface area contributed by atoms with E-state index in [-0.39, 0.29) is 18.8 Å². The molecule has 1 aromatic rings. The first-order chi connectivity index (χ1) is 8.64. The quantitative estimate of drug-likeness (QED) is 0.733. The van der Waals surface area contributed by atoms with Crippen molar-refractivity contribution in [3.05, 3.63) is 12.3 Å². The Labute approximate surface area is 108 Å². The molecule has 1 aromatic heterocycles. The van der Waals surface area contributed by atoms with Crippen LogP contribution in [0, 0.1) is 5.41 Å². The molecule has 0 aliphatic carbocycles. The summed E-state index contributed by atoms with van der Waals surface area (Å²) in [6.45, 7) is 6.49. The second-order valence-electron chi connectivity index (χ2n) is 5.81. The molecule has 0 bridgehead atoms. The van der Waals surface area contributed by atoms with Crippen LogP contribution in [-0.4, -0.2) is 36.7 Å². The lowest BCUT2D eigenvalue weighted by Crippen LogP contribution is -2.48. The van der Waals surface area contributed by atoms with Crippen LogP contribution in [0.5, 0.6) is 0 Å². The van der Waals surface area contributed by atoms with Crippen LogP contribution < -0.4 is 5.59 Å². The normalized spacial score (nSPS) is 27.7. The van der Waals surface area contributed by atoms with Gasteiger partial charge in [0.2, 0.25) is 0 Å². The lowest BCUT2D eigenvalue weighted by molar-refractivity contribution is 0.0329. The summed E-state index contributed by atoms with van der Waals surface area (Å²) in [6.07, 6.45) is 4.15. The Balaban J connectivity index is 1.66. The number of hydrogen-bond acceptors (Lipinski definition) is 4. The highest BCUT2D eigenvalue weighted by Gasteiger charge is 2.35. The monoisotopic (exact) mass is 250 g/mol. The highest BCUT2D eigenvalue weighted by molar-refractivity contribution is 6.60. The van der Waals surface area contributed by atoms with Gasteiger partial charge in [-0.25, -0.2) is 4.68 Å². The van der Waals surface area contributed by atoms with Crippen molar-refractivity contribution < 1.29 is 14.0 Å². The molecule has 2 aliphatic rings. The van der Waals surface area contributed by atoms with Gasteiger partial charge in [-0.2, -0.15) is 5.10 Å². The van der Waals surface area contributed by atoms with E-state index in [0.717, 1.165) is 25.0 Å². The summed E-state index contributed by atoms with van der Waals surface area (Å²) in [6, 6.07) is 1.95. The van der Waals surface area contributed by atoms with E-state index in [9.17, 15) is 0 Å². The zero-order valence-corrected chi connectivity index (χ0v) is 11.0. The molecule has 0 aromatic carbocycles. The Morgan fingerprint density at radius 1 is 1.39 bits per heavy atom. The molecule has 1 atom stereocenters. The fourth-order valence-corrected chi connectivity index (χ4v) is 2.27. The van der Waals surface area contributed by atoms with E-state index in [4.69, 9.17) is 14.0 Å². The molecule has 0 spiro atoms. The average molecular weight is 250 g/mol.